The minimum absolute atomic E-state index is 0.606. The number of benzene rings is 1. The van der Waals surface area contributed by atoms with Gasteiger partial charge in [0.1, 0.15) is 0 Å². The highest BCUT2D eigenvalue weighted by atomic mass is 35.5. The molecule has 0 unspecified atom stereocenters. The Labute approximate surface area is 130 Å². The van der Waals surface area contributed by atoms with Gasteiger partial charge in [0.25, 0.3) is 0 Å². The molecule has 96 valence electrons. The van der Waals surface area contributed by atoms with E-state index in [9.17, 15) is 0 Å². The molecule has 3 rings (SSSR count). The highest BCUT2D eigenvalue weighted by Crippen LogP contribution is 2.32. The van der Waals surface area contributed by atoms with E-state index in [2.05, 4.69) is 29.0 Å². The molecule has 1 aromatic carbocycles. The van der Waals surface area contributed by atoms with Crippen LogP contribution in [0.4, 0.5) is 0 Å². The van der Waals surface area contributed by atoms with E-state index in [-0.39, 0.29) is 0 Å². The number of thiophene rings is 2. The van der Waals surface area contributed by atoms with Crippen LogP contribution >= 0.6 is 45.9 Å². The molecule has 0 spiro atoms. The van der Waals surface area contributed by atoms with Crippen LogP contribution in [0.5, 0.6) is 0 Å². The van der Waals surface area contributed by atoms with Crippen LogP contribution in [0.15, 0.2) is 47.2 Å². The summed E-state index contributed by atoms with van der Waals surface area (Å²) >= 11 is 15.5. The van der Waals surface area contributed by atoms with E-state index in [0.29, 0.717) is 10.0 Å². The summed E-state index contributed by atoms with van der Waals surface area (Å²) in [6.45, 7) is 0. The zero-order valence-corrected chi connectivity index (χ0v) is 13.0. The Morgan fingerprint density at radius 1 is 0.842 bits per heavy atom. The number of hydrogen-bond acceptors (Lipinski definition) is 2. The predicted molar refractivity (Wildman–Crippen MR) is 86.9 cm³/mol. The number of rotatable bonds is 3. The zero-order chi connectivity index (χ0) is 13.2. The fraction of sp³-hybridized carbons (Fsp3) is 0.0667. The second-order valence-corrected chi connectivity index (χ2v) is 6.90. The zero-order valence-electron chi connectivity index (χ0n) is 9.90. The van der Waals surface area contributed by atoms with Gasteiger partial charge >= 0.3 is 0 Å². The first kappa shape index (κ1) is 13.2. The van der Waals surface area contributed by atoms with Gasteiger partial charge in [0.2, 0.25) is 0 Å². The SMILES string of the molecule is Clc1ccc(Cc2csc(-c3cccs3)c2)cc1Cl. The van der Waals surface area contributed by atoms with Crippen molar-refractivity contribution < 1.29 is 0 Å². The minimum Gasteiger partial charge on any atom is -0.143 e. The second-order valence-electron chi connectivity index (χ2n) is 4.22. The average Bonchev–Trinajstić information content (AvgIpc) is 3.04. The number of halogens is 2. The topological polar surface area (TPSA) is 0 Å². The molecule has 0 fully saturated rings. The normalized spacial score (nSPS) is 10.8. The molecule has 0 nitrogen and oxygen atoms in total. The quantitative estimate of drug-likeness (QED) is 0.524. The van der Waals surface area contributed by atoms with Gasteiger partial charge in [0.15, 0.2) is 0 Å². The van der Waals surface area contributed by atoms with Crippen molar-refractivity contribution in [2.45, 2.75) is 6.42 Å². The molecule has 0 saturated heterocycles. The molecule has 0 aliphatic heterocycles. The van der Waals surface area contributed by atoms with Crippen LogP contribution in [-0.4, -0.2) is 0 Å². The lowest BCUT2D eigenvalue weighted by Crippen LogP contribution is -1.85. The van der Waals surface area contributed by atoms with Crippen molar-refractivity contribution in [2.24, 2.45) is 0 Å². The molecule has 0 atom stereocenters. The van der Waals surface area contributed by atoms with Crippen molar-refractivity contribution in [2.75, 3.05) is 0 Å². The van der Waals surface area contributed by atoms with Gasteiger partial charge in [0, 0.05) is 9.75 Å². The maximum atomic E-state index is 6.04. The van der Waals surface area contributed by atoms with Gasteiger partial charge in [-0.15, -0.1) is 22.7 Å². The lowest BCUT2D eigenvalue weighted by Gasteiger charge is -2.01. The van der Waals surface area contributed by atoms with Crippen molar-refractivity contribution in [3.8, 4) is 9.75 Å². The Hall–Kier alpha value is -0.800. The molecule has 2 heterocycles. The van der Waals surface area contributed by atoms with Gasteiger partial charge in [0.05, 0.1) is 10.0 Å². The highest BCUT2D eigenvalue weighted by Gasteiger charge is 2.05. The van der Waals surface area contributed by atoms with E-state index in [4.69, 9.17) is 23.2 Å². The fourth-order valence-electron chi connectivity index (χ4n) is 1.90. The molecule has 0 aliphatic rings. The Morgan fingerprint density at radius 2 is 1.74 bits per heavy atom. The van der Waals surface area contributed by atoms with Crippen molar-refractivity contribution in [1.82, 2.24) is 0 Å². The van der Waals surface area contributed by atoms with Crippen molar-refractivity contribution in [3.05, 3.63) is 68.3 Å². The Kier molecular flexibility index (Phi) is 3.94. The third-order valence-corrected chi connectivity index (χ3v) is 5.59. The van der Waals surface area contributed by atoms with E-state index >= 15 is 0 Å². The lowest BCUT2D eigenvalue weighted by atomic mass is 10.1. The molecule has 0 radical (unpaired) electrons. The summed E-state index contributed by atoms with van der Waals surface area (Å²) in [6.07, 6.45) is 0.888. The summed E-state index contributed by atoms with van der Waals surface area (Å²) in [4.78, 5) is 2.65. The summed E-state index contributed by atoms with van der Waals surface area (Å²) in [7, 11) is 0. The van der Waals surface area contributed by atoms with Crippen molar-refractivity contribution in [1.29, 1.82) is 0 Å². The van der Waals surface area contributed by atoms with E-state index in [1.807, 2.05) is 18.2 Å². The van der Waals surface area contributed by atoms with Gasteiger partial charge in [-0.1, -0.05) is 35.3 Å². The van der Waals surface area contributed by atoms with Crippen LogP contribution < -0.4 is 0 Å². The molecule has 0 N–H and O–H groups in total. The molecular formula is C15H10Cl2S2. The van der Waals surface area contributed by atoms with E-state index in [0.717, 1.165) is 6.42 Å². The molecule has 0 amide bonds. The fourth-order valence-corrected chi connectivity index (χ4v) is 3.98. The van der Waals surface area contributed by atoms with Crippen LogP contribution in [0.1, 0.15) is 11.1 Å². The summed E-state index contributed by atoms with van der Waals surface area (Å²) in [5.41, 5.74) is 2.50. The van der Waals surface area contributed by atoms with E-state index < -0.39 is 0 Å². The molecule has 4 heteroatoms. The van der Waals surface area contributed by atoms with Crippen molar-refractivity contribution in [3.63, 3.8) is 0 Å². The third kappa shape index (κ3) is 3.03. The molecule has 19 heavy (non-hydrogen) atoms. The molecule has 0 saturated carbocycles. The Balaban J connectivity index is 1.82. The molecular weight excluding hydrogens is 315 g/mol. The maximum Gasteiger partial charge on any atom is 0.0595 e. The predicted octanol–water partition coefficient (Wildman–Crippen LogP) is 6.37. The standard InChI is InChI=1S/C15H10Cl2S2/c16-12-4-3-10(7-13(12)17)6-11-8-15(19-9-11)14-2-1-5-18-14/h1-5,7-9H,6H2. The number of hydrogen-bond donors (Lipinski definition) is 0. The van der Waals surface area contributed by atoms with Gasteiger partial charge in [-0.25, -0.2) is 0 Å². The summed E-state index contributed by atoms with van der Waals surface area (Å²) < 4.78 is 0. The van der Waals surface area contributed by atoms with E-state index in [1.165, 1.54) is 20.9 Å². The Bertz CT molecular complexity index is 684. The first-order valence-electron chi connectivity index (χ1n) is 5.77. The van der Waals surface area contributed by atoms with Gasteiger partial charge < -0.3 is 0 Å². The lowest BCUT2D eigenvalue weighted by molar-refractivity contribution is 1.21. The van der Waals surface area contributed by atoms with Crippen LogP contribution in [0.3, 0.4) is 0 Å². The average molecular weight is 325 g/mol. The maximum absolute atomic E-state index is 6.04. The molecule has 3 aromatic rings. The highest BCUT2D eigenvalue weighted by molar-refractivity contribution is 7.20. The molecule has 0 bridgehead atoms. The second kappa shape index (κ2) is 5.68. The molecule has 2 aromatic heterocycles. The van der Waals surface area contributed by atoms with Crippen LogP contribution in [0.25, 0.3) is 9.75 Å². The summed E-state index contributed by atoms with van der Waals surface area (Å²) in [5.74, 6) is 0. The monoisotopic (exact) mass is 324 g/mol. The first-order chi connectivity index (χ1) is 9.22. The minimum atomic E-state index is 0.606. The smallest absolute Gasteiger partial charge is 0.0595 e. The van der Waals surface area contributed by atoms with Crippen LogP contribution in [0, 0.1) is 0 Å². The Morgan fingerprint density at radius 3 is 2.47 bits per heavy atom. The van der Waals surface area contributed by atoms with Crippen LogP contribution in [0.2, 0.25) is 10.0 Å². The van der Waals surface area contributed by atoms with E-state index in [1.54, 1.807) is 22.7 Å². The van der Waals surface area contributed by atoms with Gasteiger partial charge in [-0.3, -0.25) is 0 Å². The van der Waals surface area contributed by atoms with Gasteiger partial charge in [-0.05, 0) is 52.6 Å². The molecule has 0 aliphatic carbocycles. The summed E-state index contributed by atoms with van der Waals surface area (Å²) in [5, 5.41) is 5.54. The van der Waals surface area contributed by atoms with Gasteiger partial charge in [-0.2, -0.15) is 0 Å². The largest absolute Gasteiger partial charge is 0.143 e. The van der Waals surface area contributed by atoms with Crippen LogP contribution in [-0.2, 0) is 6.42 Å². The summed E-state index contributed by atoms with van der Waals surface area (Å²) in [6, 6.07) is 12.3. The van der Waals surface area contributed by atoms with Crippen molar-refractivity contribution >= 4 is 45.9 Å². The first-order valence-corrected chi connectivity index (χ1v) is 8.29. The third-order valence-electron chi connectivity index (χ3n) is 2.81.